The Labute approximate surface area is 101 Å². The second-order valence-corrected chi connectivity index (χ2v) is 3.90. The Bertz CT molecular complexity index is 367. The van der Waals surface area contributed by atoms with Crippen molar-refractivity contribution >= 4 is 5.97 Å². The summed E-state index contributed by atoms with van der Waals surface area (Å²) in [4.78, 5) is 11.8. The molecule has 0 amide bonds. The Morgan fingerprint density at radius 3 is 2.35 bits per heavy atom. The van der Waals surface area contributed by atoms with Crippen LogP contribution in [0.4, 0.5) is 0 Å². The van der Waals surface area contributed by atoms with Crippen molar-refractivity contribution in [2.75, 3.05) is 0 Å². The van der Waals surface area contributed by atoms with Crippen LogP contribution in [0, 0.1) is 0 Å². The third-order valence-corrected chi connectivity index (χ3v) is 2.56. The minimum atomic E-state index is -0.680. The number of phenolic OH excluding ortho intramolecular Hbond substituents is 2. The summed E-state index contributed by atoms with van der Waals surface area (Å²) in [5.74, 6) is -1.20. The highest BCUT2D eigenvalue weighted by Gasteiger charge is 2.20. The summed E-state index contributed by atoms with van der Waals surface area (Å²) in [6.07, 6.45) is 2.23. The highest BCUT2D eigenvalue weighted by Crippen LogP contribution is 2.27. The van der Waals surface area contributed by atoms with Crippen LogP contribution in [0.1, 0.15) is 43.5 Å². The lowest BCUT2D eigenvalue weighted by Crippen LogP contribution is -2.17. The molecule has 0 bridgehead atoms. The fraction of sp³-hybridized carbons (Fsp3) is 0.462. The first-order valence-corrected chi connectivity index (χ1v) is 5.82. The normalized spacial score (nSPS) is 12.1. The predicted molar refractivity (Wildman–Crippen MR) is 64.2 cm³/mol. The van der Waals surface area contributed by atoms with E-state index in [2.05, 4.69) is 0 Å². The summed E-state index contributed by atoms with van der Waals surface area (Å²) in [5, 5.41) is 19.0. The van der Waals surface area contributed by atoms with Crippen LogP contribution in [0.3, 0.4) is 0 Å². The maximum atomic E-state index is 11.8. The van der Waals surface area contributed by atoms with Gasteiger partial charge in [-0.15, -0.1) is 0 Å². The molecular formula is C13H18O4. The molecule has 0 fully saturated rings. The van der Waals surface area contributed by atoms with E-state index in [4.69, 9.17) is 4.74 Å². The van der Waals surface area contributed by atoms with Crippen LogP contribution in [0.15, 0.2) is 18.2 Å². The van der Waals surface area contributed by atoms with Gasteiger partial charge in [0.2, 0.25) is 0 Å². The molecule has 0 radical (unpaired) electrons. The molecule has 1 unspecified atom stereocenters. The number of aromatic hydroxyl groups is 2. The molecule has 0 heterocycles. The van der Waals surface area contributed by atoms with Gasteiger partial charge < -0.3 is 14.9 Å². The first kappa shape index (κ1) is 13.4. The molecular weight excluding hydrogens is 220 g/mol. The van der Waals surface area contributed by atoms with E-state index < -0.39 is 5.97 Å². The Kier molecular flexibility index (Phi) is 4.82. The highest BCUT2D eigenvalue weighted by atomic mass is 16.5. The molecule has 1 aromatic carbocycles. The standard InChI is InChI=1S/C13H18O4/c1-3-6-9(4-2)17-13(16)12-10(14)7-5-8-11(12)15/h5,7-9,14-15H,3-4,6H2,1-2H3. The van der Waals surface area contributed by atoms with E-state index in [1.54, 1.807) is 0 Å². The highest BCUT2D eigenvalue weighted by molar-refractivity contribution is 5.95. The van der Waals surface area contributed by atoms with Crippen molar-refractivity contribution in [2.45, 2.75) is 39.2 Å². The average molecular weight is 238 g/mol. The number of esters is 1. The molecule has 4 nitrogen and oxygen atoms in total. The van der Waals surface area contributed by atoms with Gasteiger partial charge in [0, 0.05) is 0 Å². The lowest BCUT2D eigenvalue weighted by molar-refractivity contribution is 0.0265. The lowest BCUT2D eigenvalue weighted by Gasteiger charge is -2.16. The fourth-order valence-corrected chi connectivity index (χ4v) is 1.62. The number of phenols is 2. The summed E-state index contributed by atoms with van der Waals surface area (Å²) >= 11 is 0. The van der Waals surface area contributed by atoms with Crippen molar-refractivity contribution in [2.24, 2.45) is 0 Å². The van der Waals surface area contributed by atoms with E-state index in [1.165, 1.54) is 18.2 Å². The van der Waals surface area contributed by atoms with Crippen LogP contribution in [-0.2, 0) is 4.74 Å². The quantitative estimate of drug-likeness (QED) is 0.774. The summed E-state index contributed by atoms with van der Waals surface area (Å²) < 4.78 is 5.23. The molecule has 2 N–H and O–H groups in total. The van der Waals surface area contributed by atoms with Crippen molar-refractivity contribution in [3.63, 3.8) is 0 Å². The molecule has 0 aliphatic carbocycles. The van der Waals surface area contributed by atoms with E-state index in [9.17, 15) is 15.0 Å². The third-order valence-electron chi connectivity index (χ3n) is 2.56. The van der Waals surface area contributed by atoms with E-state index in [-0.39, 0.29) is 23.2 Å². The molecule has 0 saturated carbocycles. The van der Waals surface area contributed by atoms with Gasteiger partial charge in [-0.1, -0.05) is 26.3 Å². The molecule has 0 saturated heterocycles. The van der Waals surface area contributed by atoms with Gasteiger partial charge in [-0.3, -0.25) is 0 Å². The first-order chi connectivity index (χ1) is 8.10. The number of carbonyl (C=O) groups excluding carboxylic acids is 1. The second kappa shape index (κ2) is 6.13. The smallest absolute Gasteiger partial charge is 0.346 e. The zero-order valence-corrected chi connectivity index (χ0v) is 10.1. The molecule has 0 spiro atoms. The number of carbonyl (C=O) groups is 1. The topological polar surface area (TPSA) is 66.8 Å². The van der Waals surface area contributed by atoms with Gasteiger partial charge in [-0.2, -0.15) is 0 Å². The molecule has 17 heavy (non-hydrogen) atoms. The molecule has 0 aliphatic rings. The zero-order valence-electron chi connectivity index (χ0n) is 10.1. The van der Waals surface area contributed by atoms with E-state index in [0.29, 0.717) is 6.42 Å². The largest absolute Gasteiger partial charge is 0.507 e. The Balaban J connectivity index is 2.82. The van der Waals surface area contributed by atoms with E-state index >= 15 is 0 Å². The van der Waals surface area contributed by atoms with Gasteiger partial charge in [0.05, 0.1) is 0 Å². The minimum absolute atomic E-state index is 0.165. The number of ether oxygens (including phenoxy) is 1. The number of hydrogen-bond donors (Lipinski definition) is 2. The molecule has 1 rings (SSSR count). The van der Waals surface area contributed by atoms with E-state index in [0.717, 1.165) is 12.8 Å². The number of hydrogen-bond acceptors (Lipinski definition) is 4. The van der Waals surface area contributed by atoms with Gasteiger partial charge in [-0.25, -0.2) is 4.79 Å². The van der Waals surface area contributed by atoms with Gasteiger partial charge >= 0.3 is 5.97 Å². The Morgan fingerprint density at radius 1 is 1.29 bits per heavy atom. The van der Waals surface area contributed by atoms with Crippen molar-refractivity contribution in [1.82, 2.24) is 0 Å². The van der Waals surface area contributed by atoms with Gasteiger partial charge in [-0.05, 0) is 25.0 Å². The van der Waals surface area contributed by atoms with Crippen LogP contribution in [0.25, 0.3) is 0 Å². The first-order valence-electron chi connectivity index (χ1n) is 5.82. The molecule has 94 valence electrons. The van der Waals surface area contributed by atoms with Crippen molar-refractivity contribution in [1.29, 1.82) is 0 Å². The Hall–Kier alpha value is -1.71. The number of benzene rings is 1. The SMILES string of the molecule is CCCC(CC)OC(=O)c1c(O)cccc1O. The molecule has 4 heteroatoms. The van der Waals surface area contributed by atoms with E-state index in [1.807, 2.05) is 13.8 Å². The van der Waals surface area contributed by atoms with Crippen LogP contribution in [0.2, 0.25) is 0 Å². The van der Waals surface area contributed by atoms with Crippen molar-refractivity contribution in [3.8, 4) is 11.5 Å². The second-order valence-electron chi connectivity index (χ2n) is 3.90. The fourth-order valence-electron chi connectivity index (χ4n) is 1.62. The molecule has 0 aliphatic heterocycles. The van der Waals surface area contributed by atoms with Gasteiger partial charge in [0.15, 0.2) is 0 Å². The maximum Gasteiger partial charge on any atom is 0.346 e. The predicted octanol–water partition coefficient (Wildman–Crippen LogP) is 2.83. The molecule has 1 aromatic rings. The lowest BCUT2D eigenvalue weighted by atomic mass is 10.1. The van der Waals surface area contributed by atoms with Crippen molar-refractivity contribution < 1.29 is 19.7 Å². The summed E-state index contributed by atoms with van der Waals surface area (Å²) in [5.41, 5.74) is -0.165. The molecule has 1 atom stereocenters. The van der Waals surface area contributed by atoms with Crippen molar-refractivity contribution in [3.05, 3.63) is 23.8 Å². The third kappa shape index (κ3) is 3.37. The summed E-state index contributed by atoms with van der Waals surface area (Å²) in [6, 6.07) is 4.15. The Morgan fingerprint density at radius 2 is 1.88 bits per heavy atom. The van der Waals surface area contributed by atoms with Crippen LogP contribution >= 0.6 is 0 Å². The summed E-state index contributed by atoms with van der Waals surface area (Å²) in [7, 11) is 0. The van der Waals surface area contributed by atoms with Crippen LogP contribution in [0.5, 0.6) is 11.5 Å². The van der Waals surface area contributed by atoms with Gasteiger partial charge in [0.25, 0.3) is 0 Å². The minimum Gasteiger partial charge on any atom is -0.507 e. The monoisotopic (exact) mass is 238 g/mol. The maximum absolute atomic E-state index is 11.8. The summed E-state index contributed by atoms with van der Waals surface area (Å²) in [6.45, 7) is 3.94. The van der Waals surface area contributed by atoms with Gasteiger partial charge in [0.1, 0.15) is 23.2 Å². The zero-order chi connectivity index (χ0) is 12.8. The van der Waals surface area contributed by atoms with Crippen LogP contribution in [-0.4, -0.2) is 22.3 Å². The van der Waals surface area contributed by atoms with Crippen LogP contribution < -0.4 is 0 Å². The molecule has 0 aromatic heterocycles. The number of rotatable bonds is 5. The average Bonchev–Trinajstić information content (AvgIpc) is 2.28.